The Balaban J connectivity index is 1.71. The van der Waals surface area contributed by atoms with E-state index in [4.69, 9.17) is 4.98 Å². The summed E-state index contributed by atoms with van der Waals surface area (Å²) in [5.41, 5.74) is 1.50. The summed E-state index contributed by atoms with van der Waals surface area (Å²) in [7, 11) is 0. The van der Waals surface area contributed by atoms with Gasteiger partial charge in [0.25, 0.3) is 0 Å². The van der Waals surface area contributed by atoms with Crippen LogP contribution in [0.4, 0.5) is 5.82 Å². The van der Waals surface area contributed by atoms with Crippen molar-refractivity contribution in [3.8, 4) is 0 Å². The van der Waals surface area contributed by atoms with Crippen molar-refractivity contribution in [2.45, 2.75) is 57.9 Å². The Morgan fingerprint density at radius 3 is 2.52 bits per heavy atom. The van der Waals surface area contributed by atoms with Crippen LogP contribution in [-0.4, -0.2) is 30.7 Å². The van der Waals surface area contributed by atoms with Gasteiger partial charge < -0.3 is 10.2 Å². The van der Waals surface area contributed by atoms with Gasteiger partial charge in [-0.05, 0) is 55.2 Å². The van der Waals surface area contributed by atoms with Crippen LogP contribution in [0.1, 0.15) is 52.0 Å². The van der Waals surface area contributed by atoms with E-state index in [2.05, 4.69) is 49.3 Å². The van der Waals surface area contributed by atoms with E-state index < -0.39 is 0 Å². The van der Waals surface area contributed by atoms with Crippen LogP contribution in [0.2, 0.25) is 0 Å². The zero-order valence-corrected chi connectivity index (χ0v) is 13.7. The fourth-order valence-corrected chi connectivity index (χ4v) is 3.07. The summed E-state index contributed by atoms with van der Waals surface area (Å²) < 4.78 is 0. The topological polar surface area (TPSA) is 28.2 Å². The molecule has 116 valence electrons. The van der Waals surface area contributed by atoms with Crippen LogP contribution in [0.15, 0.2) is 18.3 Å². The first kappa shape index (κ1) is 14.8. The molecule has 1 atom stereocenters. The quantitative estimate of drug-likeness (QED) is 0.900. The van der Waals surface area contributed by atoms with E-state index in [1.165, 1.54) is 44.3 Å². The van der Waals surface area contributed by atoms with Crippen molar-refractivity contribution in [1.29, 1.82) is 0 Å². The van der Waals surface area contributed by atoms with Crippen molar-refractivity contribution in [2.75, 3.05) is 24.5 Å². The van der Waals surface area contributed by atoms with Gasteiger partial charge in [0.15, 0.2) is 0 Å². The molecule has 21 heavy (non-hydrogen) atoms. The summed E-state index contributed by atoms with van der Waals surface area (Å²) in [6.45, 7) is 10.2. The molecule has 0 spiro atoms. The molecule has 3 nitrogen and oxygen atoms in total. The minimum Gasteiger partial charge on any atom is -0.355 e. The smallest absolute Gasteiger partial charge is 0.128 e. The van der Waals surface area contributed by atoms with Crippen LogP contribution < -0.4 is 10.2 Å². The van der Waals surface area contributed by atoms with E-state index in [9.17, 15) is 0 Å². The maximum absolute atomic E-state index is 4.77. The van der Waals surface area contributed by atoms with Crippen LogP contribution in [0.3, 0.4) is 0 Å². The second-order valence-corrected chi connectivity index (χ2v) is 7.80. The highest BCUT2D eigenvalue weighted by molar-refractivity contribution is 5.41. The van der Waals surface area contributed by atoms with Gasteiger partial charge in [-0.2, -0.15) is 0 Å². The summed E-state index contributed by atoms with van der Waals surface area (Å²) in [4.78, 5) is 7.27. The number of aromatic nitrogens is 1. The minimum atomic E-state index is 0.180. The third-order valence-corrected chi connectivity index (χ3v) is 4.72. The highest BCUT2D eigenvalue weighted by Gasteiger charge is 2.27. The van der Waals surface area contributed by atoms with Gasteiger partial charge in [0.2, 0.25) is 0 Å². The predicted molar refractivity (Wildman–Crippen MR) is 88.9 cm³/mol. The van der Waals surface area contributed by atoms with Crippen LogP contribution in [0.25, 0.3) is 0 Å². The lowest BCUT2D eigenvalue weighted by atomic mass is 9.88. The van der Waals surface area contributed by atoms with Crippen molar-refractivity contribution in [3.63, 3.8) is 0 Å². The van der Waals surface area contributed by atoms with Gasteiger partial charge >= 0.3 is 0 Å². The SMILES string of the molecule is CC(C)(C)c1ccc(N(CC2CC2)CC2CCCN2)nc1. The molecule has 1 aromatic rings. The summed E-state index contributed by atoms with van der Waals surface area (Å²) in [6.07, 6.45) is 7.49. The van der Waals surface area contributed by atoms with Crippen molar-refractivity contribution in [1.82, 2.24) is 10.3 Å². The lowest BCUT2D eigenvalue weighted by Crippen LogP contribution is -2.39. The first-order valence-electron chi connectivity index (χ1n) is 8.47. The highest BCUT2D eigenvalue weighted by atomic mass is 15.2. The van der Waals surface area contributed by atoms with Gasteiger partial charge in [0, 0.05) is 25.3 Å². The zero-order valence-electron chi connectivity index (χ0n) is 13.7. The van der Waals surface area contributed by atoms with E-state index in [1.807, 2.05) is 0 Å². The van der Waals surface area contributed by atoms with Crippen LogP contribution >= 0.6 is 0 Å². The number of anilines is 1. The first-order chi connectivity index (χ1) is 10.0. The number of hydrogen-bond donors (Lipinski definition) is 1. The summed E-state index contributed by atoms with van der Waals surface area (Å²) in [6, 6.07) is 5.12. The van der Waals surface area contributed by atoms with Crippen molar-refractivity contribution >= 4 is 5.82 Å². The van der Waals surface area contributed by atoms with Gasteiger partial charge in [0.1, 0.15) is 5.82 Å². The molecule has 1 N–H and O–H groups in total. The molecule has 1 saturated carbocycles. The van der Waals surface area contributed by atoms with Crippen molar-refractivity contribution in [2.24, 2.45) is 5.92 Å². The van der Waals surface area contributed by atoms with Gasteiger partial charge in [-0.1, -0.05) is 26.8 Å². The fraction of sp³-hybridized carbons (Fsp3) is 0.722. The third-order valence-electron chi connectivity index (χ3n) is 4.72. The number of nitrogens with zero attached hydrogens (tertiary/aromatic N) is 2. The fourth-order valence-electron chi connectivity index (χ4n) is 3.07. The van der Waals surface area contributed by atoms with Crippen molar-refractivity contribution in [3.05, 3.63) is 23.9 Å². The Kier molecular flexibility index (Phi) is 4.21. The van der Waals surface area contributed by atoms with Gasteiger partial charge in [-0.15, -0.1) is 0 Å². The van der Waals surface area contributed by atoms with Gasteiger partial charge in [0.05, 0.1) is 0 Å². The molecule has 2 heterocycles. The van der Waals surface area contributed by atoms with E-state index in [0.717, 1.165) is 18.3 Å². The predicted octanol–water partition coefficient (Wildman–Crippen LogP) is 3.35. The Hall–Kier alpha value is -1.09. The largest absolute Gasteiger partial charge is 0.355 e. The Bertz CT molecular complexity index is 450. The Morgan fingerprint density at radius 1 is 1.19 bits per heavy atom. The second-order valence-electron chi connectivity index (χ2n) is 7.80. The van der Waals surface area contributed by atoms with E-state index in [0.29, 0.717) is 6.04 Å². The van der Waals surface area contributed by atoms with Crippen LogP contribution in [-0.2, 0) is 5.41 Å². The van der Waals surface area contributed by atoms with Gasteiger partial charge in [-0.3, -0.25) is 0 Å². The van der Waals surface area contributed by atoms with E-state index in [-0.39, 0.29) is 5.41 Å². The molecule has 2 aliphatic rings. The molecule has 0 radical (unpaired) electrons. The standard InChI is InChI=1S/C18H29N3/c1-18(2,3)15-8-9-17(20-11-15)21(12-14-6-7-14)13-16-5-4-10-19-16/h8-9,11,14,16,19H,4-7,10,12-13H2,1-3H3. The number of nitrogens with one attached hydrogen (secondary N) is 1. The molecule has 1 saturated heterocycles. The monoisotopic (exact) mass is 287 g/mol. The molecule has 1 aliphatic carbocycles. The Labute approximate surface area is 129 Å². The average Bonchev–Trinajstić information content (AvgIpc) is 3.11. The molecule has 0 bridgehead atoms. The minimum absolute atomic E-state index is 0.180. The highest BCUT2D eigenvalue weighted by Crippen LogP contribution is 2.32. The molecule has 2 fully saturated rings. The van der Waals surface area contributed by atoms with Crippen LogP contribution in [0, 0.1) is 5.92 Å². The molecule has 3 heteroatoms. The number of pyridine rings is 1. The molecule has 1 aliphatic heterocycles. The Morgan fingerprint density at radius 2 is 2.00 bits per heavy atom. The maximum Gasteiger partial charge on any atom is 0.128 e. The maximum atomic E-state index is 4.77. The van der Waals surface area contributed by atoms with E-state index >= 15 is 0 Å². The normalized spacial score (nSPS) is 22.5. The lowest BCUT2D eigenvalue weighted by molar-refractivity contribution is 0.564. The van der Waals surface area contributed by atoms with Crippen molar-refractivity contribution < 1.29 is 0 Å². The van der Waals surface area contributed by atoms with E-state index in [1.54, 1.807) is 0 Å². The number of hydrogen-bond acceptors (Lipinski definition) is 3. The summed E-state index contributed by atoms with van der Waals surface area (Å²) in [5.74, 6) is 2.05. The molecule has 1 unspecified atom stereocenters. The molecular weight excluding hydrogens is 258 g/mol. The summed E-state index contributed by atoms with van der Waals surface area (Å²) >= 11 is 0. The van der Waals surface area contributed by atoms with Crippen LogP contribution in [0.5, 0.6) is 0 Å². The second kappa shape index (κ2) is 5.96. The molecule has 0 aromatic carbocycles. The third kappa shape index (κ3) is 3.97. The molecule has 3 rings (SSSR count). The summed E-state index contributed by atoms with van der Waals surface area (Å²) in [5, 5.41) is 3.62. The lowest BCUT2D eigenvalue weighted by Gasteiger charge is -2.28. The average molecular weight is 287 g/mol. The number of rotatable bonds is 5. The molecule has 1 aromatic heterocycles. The van der Waals surface area contributed by atoms with Gasteiger partial charge in [-0.25, -0.2) is 4.98 Å². The molecule has 0 amide bonds. The molecular formula is C18H29N3. The zero-order chi connectivity index (χ0) is 14.9. The first-order valence-corrected chi connectivity index (χ1v) is 8.47.